The van der Waals surface area contributed by atoms with E-state index in [-0.39, 0.29) is 11.5 Å². The highest BCUT2D eigenvalue weighted by Crippen LogP contribution is 2.28. The molecule has 0 saturated carbocycles. The van der Waals surface area contributed by atoms with Crippen molar-refractivity contribution in [3.63, 3.8) is 0 Å². The SMILES string of the molecule is CC/C=C/COc1ccc(O)c(O)c1. The first-order valence-electron chi connectivity index (χ1n) is 4.53. The molecule has 0 fully saturated rings. The molecule has 0 heterocycles. The lowest BCUT2D eigenvalue weighted by atomic mass is 10.3. The number of rotatable bonds is 4. The quantitative estimate of drug-likeness (QED) is 0.571. The van der Waals surface area contributed by atoms with Gasteiger partial charge in [0.2, 0.25) is 0 Å². The first-order chi connectivity index (χ1) is 6.74. The van der Waals surface area contributed by atoms with Gasteiger partial charge in [-0.15, -0.1) is 0 Å². The van der Waals surface area contributed by atoms with Gasteiger partial charge in [0.15, 0.2) is 11.5 Å². The Labute approximate surface area is 83.3 Å². The Morgan fingerprint density at radius 2 is 2.00 bits per heavy atom. The van der Waals surface area contributed by atoms with E-state index in [0.29, 0.717) is 12.4 Å². The fraction of sp³-hybridized carbons (Fsp3) is 0.273. The van der Waals surface area contributed by atoms with Crippen molar-refractivity contribution in [2.75, 3.05) is 6.61 Å². The average Bonchev–Trinajstić information content (AvgIpc) is 2.18. The Bertz CT molecular complexity index is 318. The zero-order valence-corrected chi connectivity index (χ0v) is 8.10. The summed E-state index contributed by atoms with van der Waals surface area (Å²) in [6.07, 6.45) is 4.88. The fourth-order valence-electron chi connectivity index (χ4n) is 0.972. The molecule has 2 N–H and O–H groups in total. The summed E-state index contributed by atoms with van der Waals surface area (Å²) in [5.41, 5.74) is 0. The zero-order valence-electron chi connectivity index (χ0n) is 8.10. The molecule has 0 unspecified atom stereocenters. The summed E-state index contributed by atoms with van der Waals surface area (Å²) in [5.74, 6) is 0.240. The molecule has 0 amide bonds. The minimum absolute atomic E-state index is 0.138. The molecule has 1 aromatic carbocycles. The fourth-order valence-corrected chi connectivity index (χ4v) is 0.972. The number of allylic oxidation sites excluding steroid dienone is 1. The Kier molecular flexibility index (Phi) is 3.85. The van der Waals surface area contributed by atoms with E-state index in [0.717, 1.165) is 6.42 Å². The highest BCUT2D eigenvalue weighted by Gasteiger charge is 1.99. The number of hydrogen-bond donors (Lipinski definition) is 2. The van der Waals surface area contributed by atoms with Crippen molar-refractivity contribution < 1.29 is 14.9 Å². The highest BCUT2D eigenvalue weighted by molar-refractivity contribution is 5.43. The van der Waals surface area contributed by atoms with E-state index >= 15 is 0 Å². The molecule has 1 rings (SSSR count). The molecule has 0 radical (unpaired) electrons. The molecule has 3 heteroatoms. The largest absolute Gasteiger partial charge is 0.504 e. The van der Waals surface area contributed by atoms with Crippen LogP contribution in [0.25, 0.3) is 0 Å². The molecule has 0 aliphatic rings. The third-order valence-corrected chi connectivity index (χ3v) is 1.70. The van der Waals surface area contributed by atoms with Gasteiger partial charge in [-0.25, -0.2) is 0 Å². The van der Waals surface area contributed by atoms with Crippen LogP contribution < -0.4 is 4.74 Å². The number of hydrogen-bond acceptors (Lipinski definition) is 3. The minimum atomic E-state index is -0.165. The van der Waals surface area contributed by atoms with E-state index in [9.17, 15) is 0 Å². The van der Waals surface area contributed by atoms with Crippen LogP contribution >= 0.6 is 0 Å². The van der Waals surface area contributed by atoms with Crippen molar-refractivity contribution in [3.05, 3.63) is 30.4 Å². The number of phenolic OH excluding ortho intramolecular Hbond substituents is 2. The van der Waals surface area contributed by atoms with Crippen molar-refractivity contribution in [2.24, 2.45) is 0 Å². The van der Waals surface area contributed by atoms with E-state index in [1.165, 1.54) is 12.1 Å². The Morgan fingerprint density at radius 3 is 2.64 bits per heavy atom. The van der Waals surface area contributed by atoms with E-state index < -0.39 is 0 Å². The van der Waals surface area contributed by atoms with Crippen LogP contribution in [0.4, 0.5) is 0 Å². The van der Waals surface area contributed by atoms with Gasteiger partial charge in [0, 0.05) is 6.07 Å². The number of phenols is 2. The molecule has 76 valence electrons. The second kappa shape index (κ2) is 5.17. The lowest BCUT2D eigenvalue weighted by Gasteiger charge is -2.04. The van der Waals surface area contributed by atoms with Crippen LogP contribution in [-0.2, 0) is 0 Å². The van der Waals surface area contributed by atoms with Gasteiger partial charge in [-0.05, 0) is 18.6 Å². The predicted octanol–water partition coefficient (Wildman–Crippen LogP) is 2.44. The number of aromatic hydroxyl groups is 2. The van der Waals surface area contributed by atoms with E-state index in [1.54, 1.807) is 6.07 Å². The summed E-state index contributed by atoms with van der Waals surface area (Å²) >= 11 is 0. The number of ether oxygens (including phenoxy) is 1. The maximum Gasteiger partial charge on any atom is 0.161 e. The number of benzene rings is 1. The van der Waals surface area contributed by atoms with Gasteiger partial charge >= 0.3 is 0 Å². The molecule has 0 aromatic heterocycles. The van der Waals surface area contributed by atoms with Gasteiger partial charge in [0.1, 0.15) is 12.4 Å². The Hall–Kier alpha value is -1.64. The van der Waals surface area contributed by atoms with Gasteiger partial charge in [-0.1, -0.05) is 19.1 Å². The summed E-state index contributed by atoms with van der Waals surface area (Å²) in [5, 5.41) is 18.2. The Balaban J connectivity index is 2.51. The smallest absolute Gasteiger partial charge is 0.161 e. The molecule has 0 bridgehead atoms. The maximum absolute atomic E-state index is 9.15. The van der Waals surface area contributed by atoms with E-state index in [2.05, 4.69) is 0 Å². The zero-order chi connectivity index (χ0) is 10.4. The summed E-state index contributed by atoms with van der Waals surface area (Å²) in [7, 11) is 0. The van der Waals surface area contributed by atoms with Crippen LogP contribution in [0.1, 0.15) is 13.3 Å². The minimum Gasteiger partial charge on any atom is -0.504 e. The molecule has 0 aliphatic heterocycles. The van der Waals surface area contributed by atoms with Crippen LogP contribution in [-0.4, -0.2) is 16.8 Å². The molecular formula is C11H14O3. The third kappa shape index (κ3) is 3.01. The monoisotopic (exact) mass is 194 g/mol. The standard InChI is InChI=1S/C11H14O3/c1-2-3-4-7-14-9-5-6-10(12)11(13)8-9/h3-6,8,12-13H,2,7H2,1H3/b4-3+. The van der Waals surface area contributed by atoms with E-state index in [4.69, 9.17) is 14.9 Å². The normalized spacial score (nSPS) is 10.6. The highest BCUT2D eigenvalue weighted by atomic mass is 16.5. The van der Waals surface area contributed by atoms with Crippen molar-refractivity contribution in [1.29, 1.82) is 0 Å². The second-order valence-electron chi connectivity index (χ2n) is 2.84. The van der Waals surface area contributed by atoms with Crippen LogP contribution in [0.3, 0.4) is 0 Å². The molecule has 0 atom stereocenters. The lowest BCUT2D eigenvalue weighted by Crippen LogP contribution is -1.92. The molecular weight excluding hydrogens is 180 g/mol. The van der Waals surface area contributed by atoms with Gasteiger partial charge in [0.05, 0.1) is 0 Å². The van der Waals surface area contributed by atoms with Crippen LogP contribution in [0.2, 0.25) is 0 Å². The molecule has 0 aliphatic carbocycles. The van der Waals surface area contributed by atoms with E-state index in [1.807, 2.05) is 19.1 Å². The molecule has 1 aromatic rings. The van der Waals surface area contributed by atoms with Gasteiger partial charge < -0.3 is 14.9 Å². The summed E-state index contributed by atoms with van der Waals surface area (Å²) in [6, 6.07) is 4.39. The van der Waals surface area contributed by atoms with Crippen molar-refractivity contribution in [3.8, 4) is 17.2 Å². The first kappa shape index (κ1) is 10.4. The van der Waals surface area contributed by atoms with Crippen molar-refractivity contribution in [1.82, 2.24) is 0 Å². The molecule has 3 nitrogen and oxygen atoms in total. The molecule has 0 spiro atoms. The van der Waals surface area contributed by atoms with Crippen molar-refractivity contribution >= 4 is 0 Å². The topological polar surface area (TPSA) is 49.7 Å². The van der Waals surface area contributed by atoms with Gasteiger partial charge in [-0.2, -0.15) is 0 Å². The Morgan fingerprint density at radius 1 is 1.21 bits per heavy atom. The lowest BCUT2D eigenvalue weighted by molar-refractivity contribution is 0.354. The molecule has 14 heavy (non-hydrogen) atoms. The summed E-state index contributed by atoms with van der Waals surface area (Å²) < 4.78 is 5.29. The third-order valence-electron chi connectivity index (χ3n) is 1.70. The van der Waals surface area contributed by atoms with Crippen LogP contribution in [0, 0.1) is 0 Å². The second-order valence-corrected chi connectivity index (χ2v) is 2.84. The van der Waals surface area contributed by atoms with Crippen LogP contribution in [0.15, 0.2) is 30.4 Å². The van der Waals surface area contributed by atoms with Gasteiger partial charge in [0.25, 0.3) is 0 Å². The predicted molar refractivity (Wildman–Crippen MR) is 54.7 cm³/mol. The average molecular weight is 194 g/mol. The van der Waals surface area contributed by atoms with Gasteiger partial charge in [-0.3, -0.25) is 0 Å². The summed E-state index contributed by atoms with van der Waals surface area (Å²) in [6.45, 7) is 2.51. The molecule has 0 saturated heterocycles. The van der Waals surface area contributed by atoms with Crippen molar-refractivity contribution in [2.45, 2.75) is 13.3 Å². The first-order valence-corrected chi connectivity index (χ1v) is 4.53. The maximum atomic E-state index is 9.15. The summed E-state index contributed by atoms with van der Waals surface area (Å²) in [4.78, 5) is 0. The van der Waals surface area contributed by atoms with Crippen LogP contribution in [0.5, 0.6) is 17.2 Å².